The summed E-state index contributed by atoms with van der Waals surface area (Å²) in [5, 5.41) is 3.36. The van der Waals surface area contributed by atoms with Gasteiger partial charge < -0.3 is 24.3 Å². The molecule has 1 aliphatic heterocycles. The van der Waals surface area contributed by atoms with Gasteiger partial charge in [0.05, 0.1) is 6.61 Å². The van der Waals surface area contributed by atoms with E-state index >= 15 is 0 Å². The second kappa shape index (κ2) is 9.52. The molecule has 2 aromatic carbocycles. The van der Waals surface area contributed by atoms with Crippen LogP contribution in [0.5, 0.6) is 17.2 Å². The minimum absolute atomic E-state index is 0.147. The van der Waals surface area contributed by atoms with Gasteiger partial charge in [0.15, 0.2) is 17.6 Å². The van der Waals surface area contributed by atoms with Gasteiger partial charge in [-0.15, -0.1) is 0 Å². The standard InChI is InChI=1S/C21H22ClNO6/c1-13-10-16(6-7-17(13)22)26-9-3-4-20(24)29-14(2)21(25)23-15-5-8-18-19(11-15)28-12-27-18/h5-8,10-11,14H,3-4,9,12H2,1-2H3,(H,23,25)/t14-/m0/s1. The van der Waals surface area contributed by atoms with E-state index < -0.39 is 18.0 Å². The van der Waals surface area contributed by atoms with Gasteiger partial charge in [0.1, 0.15) is 5.75 Å². The summed E-state index contributed by atoms with van der Waals surface area (Å²) in [5.74, 6) is 0.984. The lowest BCUT2D eigenvalue weighted by Gasteiger charge is -2.14. The van der Waals surface area contributed by atoms with Gasteiger partial charge >= 0.3 is 5.97 Å². The molecule has 1 amide bonds. The second-order valence-electron chi connectivity index (χ2n) is 6.55. The van der Waals surface area contributed by atoms with Gasteiger partial charge in [-0.05, 0) is 56.2 Å². The molecule has 1 N–H and O–H groups in total. The Morgan fingerprint density at radius 1 is 1.17 bits per heavy atom. The minimum Gasteiger partial charge on any atom is -0.494 e. The lowest BCUT2D eigenvalue weighted by molar-refractivity contribution is -0.153. The summed E-state index contributed by atoms with van der Waals surface area (Å²) in [6.07, 6.45) is -0.307. The molecule has 154 valence electrons. The van der Waals surface area contributed by atoms with Crippen molar-refractivity contribution in [2.24, 2.45) is 0 Å². The summed E-state index contributed by atoms with van der Waals surface area (Å²) in [7, 11) is 0. The van der Waals surface area contributed by atoms with E-state index in [9.17, 15) is 9.59 Å². The van der Waals surface area contributed by atoms with Gasteiger partial charge in [-0.1, -0.05) is 11.6 Å². The van der Waals surface area contributed by atoms with Crippen molar-refractivity contribution >= 4 is 29.2 Å². The number of rotatable bonds is 8. The summed E-state index contributed by atoms with van der Waals surface area (Å²) in [5.41, 5.74) is 1.46. The van der Waals surface area contributed by atoms with E-state index in [1.165, 1.54) is 6.92 Å². The predicted octanol–water partition coefficient (Wildman–Crippen LogP) is 4.11. The molecule has 2 aromatic rings. The van der Waals surface area contributed by atoms with E-state index in [4.69, 9.17) is 30.5 Å². The fraction of sp³-hybridized carbons (Fsp3) is 0.333. The zero-order valence-corrected chi connectivity index (χ0v) is 17.0. The molecule has 0 aliphatic carbocycles. The number of nitrogens with one attached hydrogen (secondary N) is 1. The van der Waals surface area contributed by atoms with Crippen molar-refractivity contribution in [1.29, 1.82) is 0 Å². The summed E-state index contributed by atoms with van der Waals surface area (Å²) in [6.45, 7) is 3.92. The zero-order chi connectivity index (χ0) is 20.8. The Morgan fingerprint density at radius 3 is 2.76 bits per heavy atom. The number of hydrogen-bond donors (Lipinski definition) is 1. The molecule has 8 heteroatoms. The molecular formula is C21H22ClNO6. The van der Waals surface area contributed by atoms with Gasteiger partial charge in [-0.3, -0.25) is 9.59 Å². The molecular weight excluding hydrogens is 398 g/mol. The first-order valence-corrected chi connectivity index (χ1v) is 9.59. The fourth-order valence-corrected chi connectivity index (χ4v) is 2.76. The van der Waals surface area contributed by atoms with Crippen LogP contribution in [0.25, 0.3) is 0 Å². The highest BCUT2D eigenvalue weighted by Gasteiger charge is 2.19. The van der Waals surface area contributed by atoms with Crippen LogP contribution in [-0.4, -0.2) is 31.4 Å². The highest BCUT2D eigenvalue weighted by Crippen LogP contribution is 2.34. The van der Waals surface area contributed by atoms with E-state index in [-0.39, 0.29) is 13.2 Å². The Hall–Kier alpha value is -2.93. The number of carbonyl (C=O) groups excluding carboxylic acids is 2. The summed E-state index contributed by atoms with van der Waals surface area (Å²) >= 11 is 5.97. The summed E-state index contributed by atoms with van der Waals surface area (Å²) < 4.78 is 21.3. The van der Waals surface area contributed by atoms with Crippen molar-refractivity contribution in [2.45, 2.75) is 32.8 Å². The number of halogens is 1. The topological polar surface area (TPSA) is 83.1 Å². The molecule has 0 spiro atoms. The van der Waals surface area contributed by atoms with Crippen LogP contribution in [-0.2, 0) is 14.3 Å². The lowest BCUT2D eigenvalue weighted by atomic mass is 10.2. The highest BCUT2D eigenvalue weighted by molar-refractivity contribution is 6.31. The van der Waals surface area contributed by atoms with Crippen molar-refractivity contribution in [2.75, 3.05) is 18.7 Å². The maximum atomic E-state index is 12.2. The molecule has 3 rings (SSSR count). The van der Waals surface area contributed by atoms with Crippen molar-refractivity contribution < 1.29 is 28.5 Å². The first kappa shape index (κ1) is 20.8. The molecule has 0 bridgehead atoms. The van der Waals surface area contributed by atoms with Gasteiger partial charge in [-0.2, -0.15) is 0 Å². The van der Waals surface area contributed by atoms with Crippen molar-refractivity contribution in [3.05, 3.63) is 47.0 Å². The van der Waals surface area contributed by atoms with Crippen LogP contribution in [0.3, 0.4) is 0 Å². The van der Waals surface area contributed by atoms with Crippen LogP contribution in [0.15, 0.2) is 36.4 Å². The molecule has 0 radical (unpaired) electrons. The second-order valence-corrected chi connectivity index (χ2v) is 6.96. The average Bonchev–Trinajstić information content (AvgIpc) is 3.15. The maximum absolute atomic E-state index is 12.2. The van der Waals surface area contributed by atoms with Gasteiger partial charge in [0, 0.05) is 23.2 Å². The Labute approximate surface area is 173 Å². The number of esters is 1. The Bertz CT molecular complexity index is 901. The third-order valence-electron chi connectivity index (χ3n) is 4.24. The van der Waals surface area contributed by atoms with Gasteiger partial charge in [0.2, 0.25) is 6.79 Å². The van der Waals surface area contributed by atoms with Crippen molar-refractivity contribution in [1.82, 2.24) is 0 Å². The molecule has 0 unspecified atom stereocenters. The quantitative estimate of drug-likeness (QED) is 0.512. The Balaban J connectivity index is 1.38. The number of fused-ring (bicyclic) bond motifs is 1. The maximum Gasteiger partial charge on any atom is 0.306 e. The van der Waals surface area contributed by atoms with Crippen LogP contribution < -0.4 is 19.5 Å². The van der Waals surface area contributed by atoms with Crippen LogP contribution in [0.4, 0.5) is 5.69 Å². The number of amides is 1. The van der Waals surface area contributed by atoms with Crippen LogP contribution in [0.1, 0.15) is 25.3 Å². The van der Waals surface area contributed by atoms with Crippen molar-refractivity contribution in [3.8, 4) is 17.2 Å². The first-order chi connectivity index (χ1) is 13.9. The zero-order valence-electron chi connectivity index (χ0n) is 16.2. The molecule has 1 atom stereocenters. The van der Waals surface area contributed by atoms with Crippen LogP contribution >= 0.6 is 11.6 Å². The largest absolute Gasteiger partial charge is 0.494 e. The highest BCUT2D eigenvalue weighted by atomic mass is 35.5. The smallest absolute Gasteiger partial charge is 0.306 e. The molecule has 0 aromatic heterocycles. The summed E-state index contributed by atoms with van der Waals surface area (Å²) in [6, 6.07) is 10.4. The van der Waals surface area contributed by atoms with E-state index in [0.29, 0.717) is 41.0 Å². The molecule has 0 saturated carbocycles. The SMILES string of the molecule is Cc1cc(OCCCC(=O)O[C@@H](C)C(=O)Nc2ccc3c(c2)OCO3)ccc1Cl. The number of aryl methyl sites for hydroxylation is 1. The molecule has 1 aliphatic rings. The third-order valence-corrected chi connectivity index (χ3v) is 4.67. The van der Waals surface area contributed by atoms with Crippen LogP contribution in [0, 0.1) is 6.92 Å². The van der Waals surface area contributed by atoms with Gasteiger partial charge in [-0.25, -0.2) is 0 Å². The first-order valence-electron chi connectivity index (χ1n) is 9.21. The molecule has 0 saturated heterocycles. The number of anilines is 1. The molecule has 7 nitrogen and oxygen atoms in total. The summed E-state index contributed by atoms with van der Waals surface area (Å²) in [4.78, 5) is 24.2. The number of benzene rings is 2. The van der Waals surface area contributed by atoms with E-state index in [2.05, 4.69) is 5.32 Å². The normalized spacial score (nSPS) is 12.9. The number of ether oxygens (including phenoxy) is 4. The minimum atomic E-state index is -0.923. The van der Waals surface area contributed by atoms with Crippen molar-refractivity contribution in [3.63, 3.8) is 0 Å². The predicted molar refractivity (Wildman–Crippen MR) is 108 cm³/mol. The monoisotopic (exact) mass is 419 g/mol. The Morgan fingerprint density at radius 2 is 1.97 bits per heavy atom. The Kier molecular flexibility index (Phi) is 6.82. The number of hydrogen-bond acceptors (Lipinski definition) is 6. The van der Waals surface area contributed by atoms with Crippen LogP contribution in [0.2, 0.25) is 5.02 Å². The average molecular weight is 420 g/mol. The van der Waals surface area contributed by atoms with E-state index in [0.717, 1.165) is 5.56 Å². The number of carbonyl (C=O) groups is 2. The molecule has 1 heterocycles. The molecule has 29 heavy (non-hydrogen) atoms. The van der Waals surface area contributed by atoms with E-state index in [1.54, 1.807) is 30.3 Å². The van der Waals surface area contributed by atoms with E-state index in [1.807, 2.05) is 13.0 Å². The lowest BCUT2D eigenvalue weighted by Crippen LogP contribution is -2.30. The fourth-order valence-electron chi connectivity index (χ4n) is 2.64. The van der Waals surface area contributed by atoms with Gasteiger partial charge in [0.25, 0.3) is 5.91 Å². The third kappa shape index (κ3) is 5.77. The molecule has 0 fully saturated rings.